The van der Waals surface area contributed by atoms with Gasteiger partial charge in [-0.25, -0.2) is 13.4 Å². The number of hydrogen-bond donors (Lipinski definition) is 3. The van der Waals surface area contributed by atoms with E-state index in [0.717, 1.165) is 22.5 Å². The number of nitrogens with two attached hydrogens (primary N) is 1. The molecule has 2 aliphatic heterocycles. The molecular weight excluding hydrogens is 538 g/mol. The van der Waals surface area contributed by atoms with E-state index < -0.39 is 15.8 Å². The van der Waals surface area contributed by atoms with Crippen LogP contribution in [0, 0.1) is 0 Å². The summed E-state index contributed by atoms with van der Waals surface area (Å²) < 4.78 is 35.7. The maximum absolute atomic E-state index is 13.3. The molecule has 6 rings (SSSR count). The van der Waals surface area contributed by atoms with Gasteiger partial charge in [-0.3, -0.25) is 10.7 Å². The zero-order valence-corrected chi connectivity index (χ0v) is 23.2. The number of sulfonamides is 1. The first kappa shape index (κ1) is 25.9. The Balaban J connectivity index is 1.43. The van der Waals surface area contributed by atoms with Gasteiger partial charge in [0.2, 0.25) is 10.0 Å². The predicted octanol–water partition coefficient (Wildman–Crippen LogP) is 2.67. The molecule has 4 N–H and O–H groups in total. The summed E-state index contributed by atoms with van der Waals surface area (Å²) in [5.74, 6) is -0.363. The number of nitrogens with zero attached hydrogens (tertiary/aromatic N) is 4. The predicted molar refractivity (Wildman–Crippen MR) is 150 cm³/mol. The minimum absolute atomic E-state index is 0.226. The molecule has 0 radical (unpaired) electrons. The molecule has 1 fully saturated rings. The summed E-state index contributed by atoms with van der Waals surface area (Å²) in [7, 11) is -0.139. The van der Waals surface area contributed by atoms with Gasteiger partial charge in [0.1, 0.15) is 23.1 Å². The van der Waals surface area contributed by atoms with Gasteiger partial charge in [0.05, 0.1) is 18.0 Å². The van der Waals surface area contributed by atoms with E-state index in [0.29, 0.717) is 41.7 Å². The Morgan fingerprint density at radius 1 is 1.18 bits per heavy atom. The van der Waals surface area contributed by atoms with E-state index in [2.05, 4.69) is 20.6 Å². The third kappa shape index (κ3) is 4.59. The lowest BCUT2D eigenvalue weighted by atomic mass is 9.86. The molecule has 2 unspecified atom stereocenters. The van der Waals surface area contributed by atoms with Crippen LogP contribution < -0.4 is 21.1 Å². The number of nitrogens with one attached hydrogen (secondary N) is 2. The summed E-state index contributed by atoms with van der Waals surface area (Å²) in [6.45, 7) is 0.551. The average molecular weight is 568 g/mol. The third-order valence-electron chi connectivity index (χ3n) is 7.52. The first-order valence-corrected chi connectivity index (χ1v) is 14.6. The van der Waals surface area contributed by atoms with Crippen molar-refractivity contribution in [3.05, 3.63) is 88.6 Å². The van der Waals surface area contributed by atoms with Crippen LogP contribution in [0.4, 0.5) is 0 Å². The quantitative estimate of drug-likeness (QED) is 0.418. The maximum atomic E-state index is 13.3. The van der Waals surface area contributed by atoms with E-state index in [1.165, 1.54) is 0 Å². The lowest BCUT2D eigenvalue weighted by Crippen LogP contribution is -2.67. The Hall–Kier alpha value is -3.38. The lowest BCUT2D eigenvalue weighted by molar-refractivity contribution is 0.297. The van der Waals surface area contributed by atoms with E-state index in [1.807, 2.05) is 48.5 Å². The Kier molecular flexibility index (Phi) is 6.41. The lowest BCUT2D eigenvalue weighted by Gasteiger charge is -2.46. The summed E-state index contributed by atoms with van der Waals surface area (Å²) in [4.78, 5) is 8.61. The fourth-order valence-corrected chi connectivity index (χ4v) is 7.30. The Bertz CT molecular complexity index is 1580. The molecule has 2 aromatic carbocycles. The molecule has 0 saturated heterocycles. The van der Waals surface area contributed by atoms with Crippen LogP contribution in [-0.4, -0.2) is 60.6 Å². The van der Waals surface area contributed by atoms with E-state index in [9.17, 15) is 8.42 Å². The fraction of sp³-hybridized carbons (Fsp3) is 0.333. The molecule has 3 heterocycles. The van der Waals surface area contributed by atoms with Gasteiger partial charge in [-0.15, -0.1) is 0 Å². The number of amidine groups is 1. The summed E-state index contributed by atoms with van der Waals surface area (Å²) in [6.07, 6.45) is 4.73. The molecule has 3 aromatic rings. The molecule has 0 amide bonds. The maximum Gasteiger partial charge on any atom is 0.217 e. The zero-order valence-electron chi connectivity index (χ0n) is 21.6. The molecule has 2 atom stereocenters. The number of ether oxygens (including phenoxy) is 1. The van der Waals surface area contributed by atoms with E-state index in [-0.39, 0.29) is 17.7 Å². The Labute approximate surface area is 232 Å². The summed E-state index contributed by atoms with van der Waals surface area (Å²) in [5, 5.41) is 6.95. The number of imidazole rings is 1. The highest BCUT2D eigenvalue weighted by molar-refractivity contribution is 7.90. The van der Waals surface area contributed by atoms with Crippen molar-refractivity contribution in [2.24, 2.45) is 10.7 Å². The van der Waals surface area contributed by atoms with Crippen molar-refractivity contribution < 1.29 is 13.2 Å². The molecular formula is C27H30ClN7O3S. The number of halogens is 1. The molecule has 0 spiro atoms. The SMILES string of the molecule is CN=C1NC(N)(c2ccc(-n3cnc(Cl)c3)c(OC)c2)NC2=C1CN(S(=O)(=O)C1CC1)CC2c1ccccc1. The van der Waals surface area contributed by atoms with Gasteiger partial charge in [0.25, 0.3) is 0 Å². The van der Waals surface area contributed by atoms with Crippen molar-refractivity contribution in [1.29, 1.82) is 0 Å². The number of benzene rings is 2. The van der Waals surface area contributed by atoms with Crippen LogP contribution in [0.5, 0.6) is 5.75 Å². The fourth-order valence-electron chi connectivity index (χ4n) is 5.33. The monoisotopic (exact) mass is 567 g/mol. The highest BCUT2D eigenvalue weighted by Crippen LogP contribution is 2.40. The minimum atomic E-state index is -3.41. The molecule has 39 heavy (non-hydrogen) atoms. The van der Waals surface area contributed by atoms with E-state index >= 15 is 0 Å². The van der Waals surface area contributed by atoms with E-state index in [1.54, 1.807) is 35.6 Å². The topological polar surface area (TPSA) is 127 Å². The van der Waals surface area contributed by atoms with Crippen LogP contribution in [0.25, 0.3) is 5.69 Å². The molecule has 1 aromatic heterocycles. The first-order chi connectivity index (χ1) is 18.7. The summed E-state index contributed by atoms with van der Waals surface area (Å²) in [5.41, 5.74) is 11.1. The van der Waals surface area contributed by atoms with Gasteiger partial charge < -0.3 is 19.9 Å². The van der Waals surface area contributed by atoms with Gasteiger partial charge in [-0.2, -0.15) is 4.31 Å². The van der Waals surface area contributed by atoms with Crippen LogP contribution in [0.2, 0.25) is 5.15 Å². The molecule has 0 bridgehead atoms. The second kappa shape index (κ2) is 9.67. The van der Waals surface area contributed by atoms with Crippen LogP contribution in [0.3, 0.4) is 0 Å². The van der Waals surface area contributed by atoms with Gasteiger partial charge >= 0.3 is 0 Å². The molecule has 204 valence electrons. The van der Waals surface area contributed by atoms with Crippen LogP contribution in [0.15, 0.2) is 77.3 Å². The number of methoxy groups -OCH3 is 1. The number of aliphatic imine (C=N–C) groups is 1. The van der Waals surface area contributed by atoms with Crippen molar-refractivity contribution in [2.45, 2.75) is 29.8 Å². The average Bonchev–Trinajstić information content (AvgIpc) is 3.73. The zero-order chi connectivity index (χ0) is 27.4. The second-order valence-corrected chi connectivity index (χ2v) is 12.6. The van der Waals surface area contributed by atoms with E-state index in [4.69, 9.17) is 22.1 Å². The van der Waals surface area contributed by atoms with Gasteiger partial charge in [-0.05, 0) is 30.5 Å². The number of rotatable bonds is 6. The Morgan fingerprint density at radius 3 is 2.59 bits per heavy atom. The smallest absolute Gasteiger partial charge is 0.217 e. The Morgan fingerprint density at radius 2 is 1.95 bits per heavy atom. The molecule has 3 aliphatic rings. The van der Waals surface area contributed by atoms with Crippen molar-refractivity contribution in [3.63, 3.8) is 0 Å². The van der Waals surface area contributed by atoms with Gasteiger partial charge in [0, 0.05) is 49.1 Å². The van der Waals surface area contributed by atoms with Crippen molar-refractivity contribution >= 4 is 27.5 Å². The van der Waals surface area contributed by atoms with Crippen molar-refractivity contribution in [1.82, 2.24) is 24.5 Å². The van der Waals surface area contributed by atoms with Crippen LogP contribution in [-0.2, 0) is 15.8 Å². The molecule has 1 aliphatic carbocycles. The highest BCUT2D eigenvalue weighted by Gasteiger charge is 2.47. The van der Waals surface area contributed by atoms with Crippen molar-refractivity contribution in [2.75, 3.05) is 27.2 Å². The highest BCUT2D eigenvalue weighted by atomic mass is 35.5. The van der Waals surface area contributed by atoms with Crippen molar-refractivity contribution in [3.8, 4) is 11.4 Å². The summed E-state index contributed by atoms with van der Waals surface area (Å²) >= 11 is 6.03. The third-order valence-corrected chi connectivity index (χ3v) is 10.0. The molecule has 12 heteroatoms. The first-order valence-electron chi connectivity index (χ1n) is 12.7. The molecule has 1 saturated carbocycles. The largest absolute Gasteiger partial charge is 0.495 e. The second-order valence-electron chi connectivity index (χ2n) is 10.0. The molecule has 10 nitrogen and oxygen atoms in total. The standard InChI is InChI=1S/C27H30ClN7O3S/c1-30-26-21-14-35(39(36,37)19-9-10-19)13-20(17-6-4-3-5-7-17)25(21)32-27(29,33-26)18-8-11-22(23(12-18)38-2)34-15-24(28)31-16-34/h3-8,11-12,15-16,19-20,32H,9-10,13-14,29H2,1-2H3,(H,30,33). The van der Waals surface area contributed by atoms with Crippen LogP contribution in [0.1, 0.15) is 29.9 Å². The number of aromatic nitrogens is 2. The number of hydrogen-bond acceptors (Lipinski definition) is 7. The van der Waals surface area contributed by atoms with Crippen LogP contribution >= 0.6 is 11.6 Å². The van der Waals surface area contributed by atoms with Gasteiger partial charge in [-0.1, -0.05) is 48.0 Å². The normalized spacial score (nSPS) is 24.7. The summed E-state index contributed by atoms with van der Waals surface area (Å²) in [6, 6.07) is 15.5. The van der Waals surface area contributed by atoms with Gasteiger partial charge in [0.15, 0.2) is 5.79 Å². The minimum Gasteiger partial charge on any atom is -0.495 e.